The molecule has 0 aliphatic heterocycles. The molecule has 0 amide bonds. The van der Waals surface area contributed by atoms with Gasteiger partial charge in [-0.2, -0.15) is 0 Å². The number of aromatic nitrogens is 2. The molecule has 3 aromatic carbocycles. The Morgan fingerprint density at radius 3 is 2.51 bits per heavy atom. The van der Waals surface area contributed by atoms with Gasteiger partial charge in [0.2, 0.25) is 5.95 Å². The van der Waals surface area contributed by atoms with E-state index in [2.05, 4.69) is 29.4 Å². The van der Waals surface area contributed by atoms with Crippen molar-refractivity contribution in [2.75, 3.05) is 16.7 Å². The van der Waals surface area contributed by atoms with Gasteiger partial charge in [-0.1, -0.05) is 36.7 Å². The summed E-state index contributed by atoms with van der Waals surface area (Å²) < 4.78 is 27.7. The molecule has 4 aromatic rings. The monoisotopic (exact) mass is 563 g/mol. The van der Waals surface area contributed by atoms with Crippen LogP contribution >= 0.6 is 11.6 Å². The molecule has 0 radical (unpaired) electrons. The molecule has 39 heavy (non-hydrogen) atoms. The predicted molar refractivity (Wildman–Crippen MR) is 160 cm³/mol. The molecular formula is C30H34ClN5O2S. The van der Waals surface area contributed by atoms with E-state index in [1.807, 2.05) is 31.3 Å². The molecule has 1 fully saturated rings. The summed E-state index contributed by atoms with van der Waals surface area (Å²) in [6.07, 6.45) is 6.83. The van der Waals surface area contributed by atoms with Crippen LogP contribution in [0.2, 0.25) is 5.02 Å². The number of anilines is 2. The molecular weight excluding hydrogens is 530 g/mol. The van der Waals surface area contributed by atoms with Crippen molar-refractivity contribution in [2.45, 2.75) is 62.9 Å². The Labute approximate surface area is 235 Å². The van der Waals surface area contributed by atoms with E-state index in [1.54, 1.807) is 25.2 Å². The molecule has 0 spiro atoms. The number of rotatable bonds is 7. The van der Waals surface area contributed by atoms with E-state index < -0.39 is 10.0 Å². The van der Waals surface area contributed by atoms with Crippen LogP contribution in [-0.2, 0) is 16.4 Å². The molecule has 1 heterocycles. The fraction of sp³-hybridized carbons (Fsp3) is 0.333. The molecule has 1 saturated carbocycles. The van der Waals surface area contributed by atoms with Crippen molar-refractivity contribution in [3.05, 3.63) is 76.9 Å². The Morgan fingerprint density at radius 2 is 1.82 bits per heavy atom. The van der Waals surface area contributed by atoms with Gasteiger partial charge < -0.3 is 11.1 Å². The minimum Gasteiger partial charge on any atom is -0.351 e. The van der Waals surface area contributed by atoms with Crippen molar-refractivity contribution in [1.29, 1.82) is 0 Å². The van der Waals surface area contributed by atoms with Crippen LogP contribution < -0.4 is 15.4 Å². The number of nitrogens with zero attached hydrogens (tertiary/aromatic N) is 3. The first-order chi connectivity index (χ1) is 18.7. The summed E-state index contributed by atoms with van der Waals surface area (Å²) in [6, 6.07) is 17.1. The van der Waals surface area contributed by atoms with Crippen LogP contribution in [0.1, 0.15) is 43.7 Å². The maximum Gasteiger partial charge on any atom is 0.265 e. The van der Waals surface area contributed by atoms with Gasteiger partial charge in [0.05, 0.1) is 16.2 Å². The summed E-state index contributed by atoms with van der Waals surface area (Å²) in [5, 5.41) is 4.68. The number of hydrogen-bond acceptors (Lipinski definition) is 6. The predicted octanol–water partition coefficient (Wildman–Crippen LogP) is 6.33. The van der Waals surface area contributed by atoms with Crippen LogP contribution in [0.25, 0.3) is 22.0 Å². The Kier molecular flexibility index (Phi) is 7.80. The fourth-order valence-corrected chi connectivity index (χ4v) is 6.95. The number of sulfonamides is 1. The van der Waals surface area contributed by atoms with Gasteiger partial charge in [0.15, 0.2) is 0 Å². The maximum atomic E-state index is 13.2. The van der Waals surface area contributed by atoms with Crippen LogP contribution in [0.15, 0.2) is 65.7 Å². The quantitative estimate of drug-likeness (QED) is 0.272. The van der Waals surface area contributed by atoms with Gasteiger partial charge in [0, 0.05) is 30.7 Å². The van der Waals surface area contributed by atoms with Crippen LogP contribution in [0.4, 0.5) is 11.6 Å². The zero-order valence-electron chi connectivity index (χ0n) is 22.5. The molecule has 1 aromatic heterocycles. The first-order valence-corrected chi connectivity index (χ1v) is 15.2. The van der Waals surface area contributed by atoms with E-state index in [-0.39, 0.29) is 9.92 Å². The van der Waals surface area contributed by atoms with E-state index in [0.29, 0.717) is 23.7 Å². The Morgan fingerprint density at radius 1 is 1.08 bits per heavy atom. The zero-order chi connectivity index (χ0) is 27.7. The highest BCUT2D eigenvalue weighted by Gasteiger charge is 2.24. The van der Waals surface area contributed by atoms with Crippen molar-refractivity contribution in [2.24, 2.45) is 5.73 Å². The average molecular weight is 564 g/mol. The summed E-state index contributed by atoms with van der Waals surface area (Å²) in [5.74, 6) is 0.661. The molecule has 1 aliphatic carbocycles. The SMILES string of the molecule is CCc1cc(-c2ccc(N(C)S(=O)(=O)c3ccccc3Cl)cc2C)cc2cnc(NC3CCC(N)CC3)nc12. The van der Waals surface area contributed by atoms with Crippen molar-refractivity contribution < 1.29 is 8.42 Å². The van der Waals surface area contributed by atoms with Crippen LogP contribution in [-0.4, -0.2) is 37.5 Å². The summed E-state index contributed by atoms with van der Waals surface area (Å²) in [5.41, 5.74) is 11.7. The summed E-state index contributed by atoms with van der Waals surface area (Å²) in [6.45, 7) is 4.12. The molecule has 1 aliphatic rings. The van der Waals surface area contributed by atoms with E-state index in [0.717, 1.165) is 65.3 Å². The molecule has 3 N–H and O–H groups in total. The van der Waals surface area contributed by atoms with Gasteiger partial charge in [-0.05, 0) is 97.7 Å². The third kappa shape index (κ3) is 5.60. The second kappa shape index (κ2) is 11.1. The van der Waals surface area contributed by atoms with Gasteiger partial charge in [0.1, 0.15) is 4.90 Å². The normalized spacial score (nSPS) is 17.8. The Bertz CT molecular complexity index is 1620. The molecule has 0 atom stereocenters. The highest BCUT2D eigenvalue weighted by atomic mass is 35.5. The van der Waals surface area contributed by atoms with Crippen LogP contribution in [0.5, 0.6) is 0 Å². The van der Waals surface area contributed by atoms with Gasteiger partial charge in [-0.3, -0.25) is 4.31 Å². The summed E-state index contributed by atoms with van der Waals surface area (Å²) in [4.78, 5) is 9.58. The second-order valence-corrected chi connectivity index (χ2v) is 12.6. The molecule has 9 heteroatoms. The average Bonchev–Trinajstić information content (AvgIpc) is 2.93. The van der Waals surface area contributed by atoms with Crippen molar-refractivity contribution in [3.8, 4) is 11.1 Å². The second-order valence-electron chi connectivity index (χ2n) is 10.3. The topological polar surface area (TPSA) is 101 Å². The van der Waals surface area contributed by atoms with E-state index >= 15 is 0 Å². The van der Waals surface area contributed by atoms with E-state index in [4.69, 9.17) is 22.3 Å². The number of hydrogen-bond donors (Lipinski definition) is 2. The summed E-state index contributed by atoms with van der Waals surface area (Å²) >= 11 is 6.19. The zero-order valence-corrected chi connectivity index (χ0v) is 24.1. The van der Waals surface area contributed by atoms with Crippen molar-refractivity contribution >= 4 is 44.2 Å². The number of benzene rings is 3. The van der Waals surface area contributed by atoms with E-state index in [9.17, 15) is 8.42 Å². The number of aryl methyl sites for hydroxylation is 2. The summed E-state index contributed by atoms with van der Waals surface area (Å²) in [7, 11) is -2.26. The first-order valence-electron chi connectivity index (χ1n) is 13.3. The largest absolute Gasteiger partial charge is 0.351 e. The molecule has 0 unspecified atom stereocenters. The number of halogens is 1. The lowest BCUT2D eigenvalue weighted by molar-refractivity contribution is 0.410. The number of nitrogens with one attached hydrogen (secondary N) is 1. The standard InChI is InChI=1S/C30H34ClN5O2S/c1-4-20-16-21(17-22-18-33-30(35-29(20)22)34-24-11-9-23(32)10-12-24)26-14-13-25(15-19(26)2)36(3)39(37,38)28-8-6-5-7-27(28)31/h5-8,13-18,23-24H,4,9-12,32H2,1-3H3,(H,33,34,35). The minimum absolute atomic E-state index is 0.0823. The third-order valence-corrected chi connectivity index (χ3v) is 9.89. The lowest BCUT2D eigenvalue weighted by atomic mass is 9.92. The van der Waals surface area contributed by atoms with Crippen molar-refractivity contribution in [3.63, 3.8) is 0 Å². The number of fused-ring (bicyclic) bond motifs is 1. The molecule has 0 saturated heterocycles. The smallest absolute Gasteiger partial charge is 0.265 e. The van der Waals surface area contributed by atoms with Crippen LogP contribution in [0.3, 0.4) is 0 Å². The highest BCUT2D eigenvalue weighted by molar-refractivity contribution is 7.93. The lowest BCUT2D eigenvalue weighted by Gasteiger charge is -2.26. The Balaban J connectivity index is 1.44. The van der Waals surface area contributed by atoms with Gasteiger partial charge in [-0.15, -0.1) is 0 Å². The minimum atomic E-state index is -3.80. The van der Waals surface area contributed by atoms with Gasteiger partial charge in [0.25, 0.3) is 10.0 Å². The molecule has 7 nitrogen and oxygen atoms in total. The van der Waals surface area contributed by atoms with Gasteiger partial charge >= 0.3 is 0 Å². The first kappa shape index (κ1) is 27.4. The Hall–Kier alpha value is -3.20. The third-order valence-electron chi connectivity index (χ3n) is 7.61. The molecule has 204 valence electrons. The highest BCUT2D eigenvalue weighted by Crippen LogP contribution is 2.34. The maximum absolute atomic E-state index is 13.2. The van der Waals surface area contributed by atoms with Crippen molar-refractivity contribution in [1.82, 2.24) is 9.97 Å². The van der Waals surface area contributed by atoms with Gasteiger partial charge in [-0.25, -0.2) is 18.4 Å². The number of nitrogens with two attached hydrogens (primary N) is 1. The molecule has 0 bridgehead atoms. The lowest BCUT2D eigenvalue weighted by Crippen LogP contribution is -2.33. The van der Waals surface area contributed by atoms with E-state index in [1.165, 1.54) is 10.4 Å². The molecule has 5 rings (SSSR count). The van der Waals surface area contributed by atoms with Crippen LogP contribution in [0, 0.1) is 6.92 Å². The fourth-order valence-electron chi connectivity index (χ4n) is 5.27.